The summed E-state index contributed by atoms with van der Waals surface area (Å²) >= 11 is 5.79. The second-order valence-corrected chi connectivity index (χ2v) is 5.09. The van der Waals surface area contributed by atoms with Gasteiger partial charge in [-0.3, -0.25) is 0 Å². The van der Waals surface area contributed by atoms with Gasteiger partial charge in [0.1, 0.15) is 5.82 Å². The summed E-state index contributed by atoms with van der Waals surface area (Å²) in [5.41, 5.74) is 0.881. The molecule has 0 amide bonds. The minimum Gasteiger partial charge on any atom is -0.310 e. The van der Waals surface area contributed by atoms with Gasteiger partial charge in [-0.2, -0.15) is 0 Å². The van der Waals surface area contributed by atoms with Crippen molar-refractivity contribution in [2.45, 2.75) is 25.9 Å². The van der Waals surface area contributed by atoms with Gasteiger partial charge in [-0.1, -0.05) is 11.6 Å². The summed E-state index contributed by atoms with van der Waals surface area (Å²) in [7, 11) is 4.11. The lowest BCUT2D eigenvalue weighted by atomic mass is 10.2. The lowest BCUT2D eigenvalue weighted by Crippen LogP contribution is -2.29. The van der Waals surface area contributed by atoms with Crippen LogP contribution in [0.4, 0.5) is 4.39 Å². The molecule has 1 unspecified atom stereocenters. The number of nitrogens with one attached hydrogen (secondary N) is 1. The van der Waals surface area contributed by atoms with Crippen molar-refractivity contribution < 1.29 is 4.39 Å². The Morgan fingerprint density at radius 1 is 1.35 bits per heavy atom. The number of nitrogens with zero attached hydrogens (tertiary/aromatic N) is 1. The van der Waals surface area contributed by atoms with Crippen molar-refractivity contribution in [3.8, 4) is 0 Å². The first-order valence-corrected chi connectivity index (χ1v) is 6.18. The maximum Gasteiger partial charge on any atom is 0.125 e. The topological polar surface area (TPSA) is 15.3 Å². The lowest BCUT2D eigenvalue weighted by molar-refractivity contribution is 0.365. The summed E-state index contributed by atoms with van der Waals surface area (Å²) in [6, 6.07) is 5.02. The molecule has 0 spiro atoms. The van der Waals surface area contributed by atoms with Crippen molar-refractivity contribution in [3.05, 3.63) is 34.6 Å². The zero-order chi connectivity index (χ0) is 12.8. The molecule has 1 N–H and O–H groups in total. The monoisotopic (exact) mass is 258 g/mol. The molecule has 0 bridgehead atoms. The summed E-state index contributed by atoms with van der Waals surface area (Å²) in [5, 5.41) is 3.80. The predicted molar refractivity (Wildman–Crippen MR) is 70.9 cm³/mol. The molecule has 1 atom stereocenters. The summed E-state index contributed by atoms with van der Waals surface area (Å²) in [4.78, 5) is 2.15. The average Bonchev–Trinajstić information content (AvgIpc) is 2.22. The highest BCUT2D eigenvalue weighted by Crippen LogP contribution is 2.14. The van der Waals surface area contributed by atoms with Gasteiger partial charge in [-0.15, -0.1) is 0 Å². The van der Waals surface area contributed by atoms with Gasteiger partial charge in [0, 0.05) is 17.6 Å². The molecular weight excluding hydrogens is 239 g/mol. The fourth-order valence-electron chi connectivity index (χ4n) is 1.56. The Hall–Kier alpha value is -0.640. The van der Waals surface area contributed by atoms with E-state index in [1.165, 1.54) is 12.1 Å². The second kappa shape index (κ2) is 6.94. The molecule has 0 fully saturated rings. The van der Waals surface area contributed by atoms with E-state index in [4.69, 9.17) is 11.6 Å². The van der Waals surface area contributed by atoms with Crippen LogP contribution in [0.5, 0.6) is 0 Å². The highest BCUT2D eigenvalue weighted by atomic mass is 35.5. The second-order valence-electron chi connectivity index (χ2n) is 4.65. The van der Waals surface area contributed by atoms with E-state index in [-0.39, 0.29) is 5.82 Å². The van der Waals surface area contributed by atoms with Gasteiger partial charge in [0.15, 0.2) is 0 Å². The minimum atomic E-state index is -0.282. The van der Waals surface area contributed by atoms with Crippen LogP contribution in [0.1, 0.15) is 18.9 Å². The van der Waals surface area contributed by atoms with Crippen molar-refractivity contribution in [1.29, 1.82) is 0 Å². The van der Waals surface area contributed by atoms with Gasteiger partial charge in [0.2, 0.25) is 0 Å². The molecule has 0 heterocycles. The zero-order valence-corrected chi connectivity index (χ0v) is 11.4. The number of hydrogen-bond donors (Lipinski definition) is 1. The smallest absolute Gasteiger partial charge is 0.125 e. The van der Waals surface area contributed by atoms with Crippen molar-refractivity contribution in [2.24, 2.45) is 0 Å². The molecule has 1 aromatic carbocycles. The molecule has 17 heavy (non-hydrogen) atoms. The molecular formula is C13H20ClFN2. The third kappa shape index (κ3) is 6.01. The number of benzene rings is 1. The molecule has 4 heteroatoms. The summed E-state index contributed by atoms with van der Waals surface area (Å²) in [6.45, 7) is 3.81. The first-order chi connectivity index (χ1) is 7.97. The fraction of sp³-hybridized carbons (Fsp3) is 0.538. The van der Waals surface area contributed by atoms with Gasteiger partial charge in [-0.25, -0.2) is 4.39 Å². The Morgan fingerprint density at radius 2 is 2.06 bits per heavy atom. The maximum absolute atomic E-state index is 13.1. The van der Waals surface area contributed by atoms with Crippen LogP contribution in [-0.2, 0) is 6.54 Å². The van der Waals surface area contributed by atoms with Gasteiger partial charge >= 0.3 is 0 Å². The highest BCUT2D eigenvalue weighted by Gasteiger charge is 2.04. The highest BCUT2D eigenvalue weighted by molar-refractivity contribution is 6.30. The van der Waals surface area contributed by atoms with E-state index in [1.807, 2.05) is 0 Å². The van der Waals surface area contributed by atoms with Gasteiger partial charge in [0.25, 0.3) is 0 Å². The van der Waals surface area contributed by atoms with Gasteiger partial charge in [0.05, 0.1) is 0 Å². The van der Waals surface area contributed by atoms with Crippen molar-refractivity contribution in [2.75, 3.05) is 20.6 Å². The molecule has 0 aliphatic heterocycles. The van der Waals surface area contributed by atoms with Crippen LogP contribution in [0.15, 0.2) is 18.2 Å². The molecule has 96 valence electrons. The molecule has 0 aromatic heterocycles. The maximum atomic E-state index is 13.1. The van der Waals surface area contributed by atoms with Crippen LogP contribution in [0.3, 0.4) is 0 Å². The standard InChI is InChI=1S/C13H20ClFN2/c1-10(4-5-17(2)3)16-9-11-6-12(14)8-13(15)7-11/h6-8,10,16H,4-5,9H2,1-3H3. The SMILES string of the molecule is CC(CCN(C)C)NCc1cc(F)cc(Cl)c1. The molecule has 0 aliphatic rings. The molecule has 0 radical (unpaired) electrons. The zero-order valence-electron chi connectivity index (χ0n) is 10.6. The van der Waals surface area contributed by atoms with Crippen LogP contribution in [0.2, 0.25) is 5.02 Å². The van der Waals surface area contributed by atoms with Crippen molar-refractivity contribution in [1.82, 2.24) is 10.2 Å². The van der Waals surface area contributed by atoms with E-state index in [2.05, 4.69) is 31.2 Å². The van der Waals surface area contributed by atoms with Crippen molar-refractivity contribution in [3.63, 3.8) is 0 Å². The van der Waals surface area contributed by atoms with Crippen LogP contribution in [-0.4, -0.2) is 31.6 Å². The molecule has 0 aliphatic carbocycles. The Balaban J connectivity index is 2.39. The Morgan fingerprint density at radius 3 is 2.65 bits per heavy atom. The van der Waals surface area contributed by atoms with Crippen LogP contribution < -0.4 is 5.32 Å². The lowest BCUT2D eigenvalue weighted by Gasteiger charge is -2.16. The molecule has 1 rings (SSSR count). The Kier molecular flexibility index (Phi) is 5.89. The Labute approximate surface area is 108 Å². The quantitative estimate of drug-likeness (QED) is 0.844. The summed E-state index contributed by atoms with van der Waals surface area (Å²) < 4.78 is 13.1. The molecule has 0 saturated heterocycles. The van der Waals surface area contributed by atoms with E-state index in [0.29, 0.717) is 17.6 Å². The van der Waals surface area contributed by atoms with E-state index >= 15 is 0 Å². The number of hydrogen-bond acceptors (Lipinski definition) is 2. The van der Waals surface area contributed by atoms with Crippen LogP contribution in [0.25, 0.3) is 0 Å². The summed E-state index contributed by atoms with van der Waals surface area (Å²) in [5.74, 6) is -0.282. The average molecular weight is 259 g/mol. The Bertz CT molecular complexity index is 335. The predicted octanol–water partition coefficient (Wildman–Crippen LogP) is 2.91. The largest absolute Gasteiger partial charge is 0.310 e. The third-order valence-electron chi connectivity index (χ3n) is 2.59. The van der Waals surface area contributed by atoms with E-state index < -0.39 is 0 Å². The van der Waals surface area contributed by atoms with E-state index in [9.17, 15) is 4.39 Å². The number of halogens is 2. The van der Waals surface area contributed by atoms with Gasteiger partial charge < -0.3 is 10.2 Å². The summed E-state index contributed by atoms with van der Waals surface area (Å²) in [6.07, 6.45) is 1.07. The van der Waals surface area contributed by atoms with E-state index in [0.717, 1.165) is 18.5 Å². The normalized spacial score (nSPS) is 13.1. The number of rotatable bonds is 6. The molecule has 0 saturated carbocycles. The third-order valence-corrected chi connectivity index (χ3v) is 2.80. The van der Waals surface area contributed by atoms with E-state index in [1.54, 1.807) is 6.07 Å². The molecule has 2 nitrogen and oxygen atoms in total. The first kappa shape index (κ1) is 14.4. The fourth-order valence-corrected chi connectivity index (χ4v) is 1.80. The minimum absolute atomic E-state index is 0.282. The van der Waals surface area contributed by atoms with Crippen LogP contribution >= 0.6 is 11.6 Å². The van der Waals surface area contributed by atoms with Crippen LogP contribution in [0, 0.1) is 5.82 Å². The first-order valence-electron chi connectivity index (χ1n) is 5.80. The van der Waals surface area contributed by atoms with Crippen molar-refractivity contribution >= 4 is 11.6 Å². The van der Waals surface area contributed by atoms with Gasteiger partial charge in [-0.05, 0) is 57.7 Å². The molecule has 1 aromatic rings.